The first-order chi connectivity index (χ1) is 16.7. The van der Waals surface area contributed by atoms with E-state index in [1.807, 2.05) is 41.1 Å². The zero-order valence-corrected chi connectivity index (χ0v) is 19.9. The molecular formula is C22H22FN5O5S2. The quantitative estimate of drug-likeness (QED) is 0.199. The molecule has 3 heterocycles. The van der Waals surface area contributed by atoms with Gasteiger partial charge in [-0.2, -0.15) is 13.5 Å². The topological polar surface area (TPSA) is 139 Å². The fourth-order valence-electron chi connectivity index (χ4n) is 3.50. The Hall–Kier alpha value is -3.10. The van der Waals surface area contributed by atoms with E-state index in [-0.39, 0.29) is 11.4 Å². The molecule has 0 spiro atoms. The summed E-state index contributed by atoms with van der Waals surface area (Å²) in [6.07, 6.45) is 1.80. The summed E-state index contributed by atoms with van der Waals surface area (Å²) in [4.78, 5) is 18.1. The third-order valence-electron chi connectivity index (χ3n) is 5.15. The van der Waals surface area contributed by atoms with Gasteiger partial charge in [0.2, 0.25) is 0 Å². The van der Waals surface area contributed by atoms with Gasteiger partial charge in [0.25, 0.3) is 5.56 Å². The van der Waals surface area contributed by atoms with Gasteiger partial charge in [0.05, 0.1) is 5.69 Å². The number of para-hydroxylation sites is 1. The van der Waals surface area contributed by atoms with Crippen molar-refractivity contribution in [2.75, 3.05) is 13.1 Å². The van der Waals surface area contributed by atoms with Crippen LogP contribution in [0.25, 0.3) is 16.7 Å². The lowest BCUT2D eigenvalue weighted by molar-refractivity contribution is 0.296. The van der Waals surface area contributed by atoms with Crippen molar-refractivity contribution in [3.05, 3.63) is 82.5 Å². The van der Waals surface area contributed by atoms with Crippen molar-refractivity contribution in [1.29, 1.82) is 0 Å². The van der Waals surface area contributed by atoms with Crippen molar-refractivity contribution in [1.82, 2.24) is 24.6 Å². The molecule has 0 amide bonds. The molecule has 35 heavy (non-hydrogen) atoms. The third-order valence-corrected chi connectivity index (χ3v) is 6.16. The van der Waals surface area contributed by atoms with Gasteiger partial charge in [0, 0.05) is 37.5 Å². The van der Waals surface area contributed by atoms with Crippen molar-refractivity contribution in [3.8, 4) is 5.69 Å². The maximum atomic E-state index is 13.6. The van der Waals surface area contributed by atoms with Crippen molar-refractivity contribution >= 4 is 33.2 Å². The first-order valence-corrected chi connectivity index (χ1v) is 12.9. The predicted octanol–water partition coefficient (Wildman–Crippen LogP) is 2.58. The van der Waals surface area contributed by atoms with E-state index in [0.717, 1.165) is 30.9 Å². The molecule has 4 aromatic rings. The molecule has 184 valence electrons. The summed E-state index contributed by atoms with van der Waals surface area (Å²) >= 11 is 1.40. The van der Waals surface area contributed by atoms with Gasteiger partial charge in [-0.3, -0.25) is 23.1 Å². The normalized spacial score (nSPS) is 13.8. The molecule has 1 fully saturated rings. The summed E-state index contributed by atoms with van der Waals surface area (Å²) in [5.74, 6) is 0.746. The molecule has 0 saturated carbocycles. The molecular weight excluding hydrogens is 497 g/mol. The van der Waals surface area contributed by atoms with E-state index < -0.39 is 10.4 Å². The van der Waals surface area contributed by atoms with Gasteiger partial charge in [0.15, 0.2) is 10.8 Å². The average Bonchev–Trinajstić information content (AvgIpc) is 3.18. The van der Waals surface area contributed by atoms with Crippen LogP contribution in [0.5, 0.6) is 0 Å². The number of rotatable bonds is 6. The van der Waals surface area contributed by atoms with Gasteiger partial charge in [0.1, 0.15) is 11.2 Å². The van der Waals surface area contributed by atoms with Crippen LogP contribution in [0, 0.1) is 11.7 Å². The van der Waals surface area contributed by atoms with Gasteiger partial charge < -0.3 is 5.32 Å². The molecule has 0 radical (unpaired) electrons. The molecule has 0 bridgehead atoms. The molecule has 2 aromatic heterocycles. The minimum Gasteiger partial charge on any atom is -0.316 e. The second-order valence-corrected chi connectivity index (χ2v) is 9.69. The SMILES string of the molecule is O=S(=O)(O)O.O=c1c2cn(CC3CNC3)nc2nc(SCc2cccc(F)c2)n1-c1ccccc1. The lowest BCUT2D eigenvalue weighted by Gasteiger charge is -2.26. The van der Waals surface area contributed by atoms with Crippen LogP contribution in [0.3, 0.4) is 0 Å². The fourth-order valence-corrected chi connectivity index (χ4v) is 4.45. The summed E-state index contributed by atoms with van der Waals surface area (Å²) < 4.78 is 48.6. The largest absolute Gasteiger partial charge is 0.394 e. The Balaban J connectivity index is 0.000000527. The summed E-state index contributed by atoms with van der Waals surface area (Å²) in [5, 5.41) is 8.84. The number of benzene rings is 2. The summed E-state index contributed by atoms with van der Waals surface area (Å²) in [6.45, 7) is 2.69. The molecule has 13 heteroatoms. The summed E-state index contributed by atoms with van der Waals surface area (Å²) in [5.41, 5.74) is 1.87. The summed E-state index contributed by atoms with van der Waals surface area (Å²) in [6, 6.07) is 15.9. The van der Waals surface area contributed by atoms with Crippen LogP contribution in [-0.4, -0.2) is 49.9 Å². The molecule has 0 aliphatic carbocycles. The van der Waals surface area contributed by atoms with Gasteiger partial charge in [-0.25, -0.2) is 9.37 Å². The highest BCUT2D eigenvalue weighted by Gasteiger charge is 2.20. The number of nitrogens with one attached hydrogen (secondary N) is 1. The number of aromatic nitrogens is 4. The number of halogens is 1. The molecule has 1 aliphatic heterocycles. The van der Waals surface area contributed by atoms with E-state index in [1.54, 1.807) is 16.8 Å². The van der Waals surface area contributed by atoms with E-state index in [1.165, 1.54) is 23.9 Å². The smallest absolute Gasteiger partial charge is 0.316 e. The number of thioether (sulfide) groups is 1. The van der Waals surface area contributed by atoms with E-state index in [2.05, 4.69) is 10.4 Å². The van der Waals surface area contributed by atoms with Crippen LogP contribution < -0.4 is 10.9 Å². The predicted molar refractivity (Wildman–Crippen MR) is 130 cm³/mol. The van der Waals surface area contributed by atoms with E-state index in [4.69, 9.17) is 22.5 Å². The number of nitrogens with zero attached hydrogens (tertiary/aromatic N) is 4. The van der Waals surface area contributed by atoms with Crippen LogP contribution in [-0.2, 0) is 22.7 Å². The Morgan fingerprint density at radius 3 is 2.46 bits per heavy atom. The highest BCUT2D eigenvalue weighted by atomic mass is 32.3. The molecule has 5 rings (SSSR count). The average molecular weight is 520 g/mol. The van der Waals surface area contributed by atoms with Gasteiger partial charge >= 0.3 is 10.4 Å². The van der Waals surface area contributed by atoms with E-state index >= 15 is 0 Å². The van der Waals surface area contributed by atoms with E-state index in [0.29, 0.717) is 27.9 Å². The Kier molecular flexibility index (Phi) is 7.62. The number of hydrogen-bond donors (Lipinski definition) is 3. The molecule has 3 N–H and O–H groups in total. The molecule has 2 aromatic carbocycles. The maximum Gasteiger partial charge on any atom is 0.394 e. The highest BCUT2D eigenvalue weighted by molar-refractivity contribution is 7.98. The number of hydrogen-bond acceptors (Lipinski definition) is 7. The molecule has 1 saturated heterocycles. The van der Waals surface area contributed by atoms with Crippen LogP contribution in [0.2, 0.25) is 0 Å². The third kappa shape index (κ3) is 6.74. The van der Waals surface area contributed by atoms with Crippen LogP contribution in [0.15, 0.2) is 70.7 Å². The van der Waals surface area contributed by atoms with Crippen molar-refractivity contribution in [2.45, 2.75) is 17.5 Å². The second kappa shape index (κ2) is 10.7. The maximum absolute atomic E-state index is 13.6. The first kappa shape index (κ1) is 25.0. The zero-order valence-electron chi connectivity index (χ0n) is 18.3. The molecule has 1 aliphatic rings. The number of fused-ring (bicyclic) bond motifs is 1. The fraction of sp³-hybridized carbons (Fsp3) is 0.227. The minimum atomic E-state index is -4.67. The van der Waals surface area contributed by atoms with Crippen LogP contribution in [0.4, 0.5) is 4.39 Å². The molecule has 10 nitrogen and oxygen atoms in total. The lowest BCUT2D eigenvalue weighted by atomic mass is 10.0. The van der Waals surface area contributed by atoms with Crippen LogP contribution in [0.1, 0.15) is 5.56 Å². The Bertz CT molecular complexity index is 1480. The second-order valence-electron chi connectivity index (χ2n) is 7.85. The van der Waals surface area contributed by atoms with Crippen LogP contribution >= 0.6 is 11.8 Å². The van der Waals surface area contributed by atoms with E-state index in [9.17, 15) is 9.18 Å². The standard InChI is InChI=1S/C22H20FN5OS.H2O4S/c23-17-6-4-5-15(9-17)14-30-22-25-20-19(13-27(26-20)12-16-10-24-11-16)21(29)28(22)18-7-2-1-3-8-18;1-5(2,3)4/h1-9,13,16,24H,10-12,14H2;(H2,1,2,3,4). The van der Waals surface area contributed by atoms with Gasteiger partial charge in [-0.15, -0.1) is 0 Å². The minimum absolute atomic E-state index is 0.147. The Morgan fingerprint density at radius 2 is 1.83 bits per heavy atom. The Labute approximate surface area is 204 Å². The Morgan fingerprint density at radius 1 is 1.11 bits per heavy atom. The van der Waals surface area contributed by atoms with Crippen molar-refractivity contribution in [2.24, 2.45) is 5.92 Å². The van der Waals surface area contributed by atoms with Gasteiger partial charge in [-0.1, -0.05) is 42.1 Å². The van der Waals surface area contributed by atoms with Crippen molar-refractivity contribution in [3.63, 3.8) is 0 Å². The molecule has 0 atom stereocenters. The summed E-state index contributed by atoms with van der Waals surface area (Å²) in [7, 11) is -4.67. The van der Waals surface area contributed by atoms with Crippen molar-refractivity contribution < 1.29 is 21.9 Å². The lowest BCUT2D eigenvalue weighted by Crippen LogP contribution is -2.44. The monoisotopic (exact) mass is 519 g/mol. The molecule has 0 unspecified atom stereocenters. The highest BCUT2D eigenvalue weighted by Crippen LogP contribution is 2.24. The zero-order chi connectivity index (χ0) is 25.0. The first-order valence-electron chi connectivity index (χ1n) is 10.5. The van der Waals surface area contributed by atoms with Gasteiger partial charge in [-0.05, 0) is 29.8 Å².